The molecule has 1 aromatic rings. The number of carbonyl (C=O) groups excluding carboxylic acids is 1. The first kappa shape index (κ1) is 17.6. The maximum atomic E-state index is 12.2. The summed E-state index contributed by atoms with van der Waals surface area (Å²) in [6.45, 7) is 5.63. The van der Waals surface area contributed by atoms with E-state index < -0.39 is 0 Å². The minimum absolute atomic E-state index is 0.00998. The molecule has 1 unspecified atom stereocenters. The molecule has 23 heavy (non-hydrogen) atoms. The molecule has 1 aliphatic heterocycles. The van der Waals surface area contributed by atoms with Gasteiger partial charge in [-0.15, -0.1) is 0 Å². The molecule has 0 aromatic heterocycles. The molecule has 1 fully saturated rings. The van der Waals surface area contributed by atoms with Crippen molar-refractivity contribution in [3.8, 4) is 5.75 Å². The average Bonchev–Trinajstić information content (AvgIpc) is 2.55. The van der Waals surface area contributed by atoms with Gasteiger partial charge in [0.2, 0.25) is 0 Å². The van der Waals surface area contributed by atoms with Crippen LogP contribution >= 0.6 is 0 Å². The summed E-state index contributed by atoms with van der Waals surface area (Å²) in [6, 6.07) is 8.17. The van der Waals surface area contributed by atoms with Crippen LogP contribution in [0.25, 0.3) is 0 Å². The minimum Gasteiger partial charge on any atom is -0.490 e. The van der Waals surface area contributed by atoms with E-state index in [1.54, 1.807) is 0 Å². The Labute approximate surface area is 138 Å². The van der Waals surface area contributed by atoms with Gasteiger partial charge in [0, 0.05) is 38.6 Å². The lowest BCUT2D eigenvalue weighted by Gasteiger charge is -2.33. The first-order valence-corrected chi connectivity index (χ1v) is 8.48. The molecule has 1 heterocycles. The molecule has 1 saturated heterocycles. The highest BCUT2D eigenvalue weighted by atomic mass is 16.5. The normalized spacial score (nSPS) is 16.9. The van der Waals surface area contributed by atoms with Gasteiger partial charge in [-0.25, -0.2) is 4.79 Å². The molecule has 1 atom stereocenters. The first-order valence-electron chi connectivity index (χ1n) is 8.48. The van der Waals surface area contributed by atoms with Crippen LogP contribution < -0.4 is 10.1 Å². The van der Waals surface area contributed by atoms with E-state index in [2.05, 4.69) is 12.2 Å². The van der Waals surface area contributed by atoms with E-state index in [1.165, 1.54) is 5.56 Å². The van der Waals surface area contributed by atoms with Gasteiger partial charge in [-0.3, -0.25) is 0 Å². The molecule has 0 bridgehead atoms. The van der Waals surface area contributed by atoms with Crippen LogP contribution in [0, 0.1) is 6.92 Å². The van der Waals surface area contributed by atoms with Crippen LogP contribution in [0.2, 0.25) is 0 Å². The molecule has 0 spiro atoms. The van der Waals surface area contributed by atoms with Gasteiger partial charge in [-0.05, 0) is 38.8 Å². The van der Waals surface area contributed by atoms with Crippen molar-refractivity contribution in [2.75, 3.05) is 19.7 Å². The lowest BCUT2D eigenvalue weighted by Crippen LogP contribution is -2.48. The van der Waals surface area contributed by atoms with E-state index >= 15 is 0 Å². The summed E-state index contributed by atoms with van der Waals surface area (Å²) in [5.41, 5.74) is 1.22. The maximum Gasteiger partial charge on any atom is 0.317 e. The van der Waals surface area contributed by atoms with Crippen LogP contribution in [0.3, 0.4) is 0 Å². The first-order chi connectivity index (χ1) is 11.1. The largest absolute Gasteiger partial charge is 0.490 e. The fourth-order valence-corrected chi connectivity index (χ4v) is 2.76. The number of aliphatic hydroxyl groups is 1. The molecular weight excluding hydrogens is 292 g/mol. The summed E-state index contributed by atoms with van der Waals surface area (Å²) < 4.78 is 5.99. The second-order valence-electron chi connectivity index (χ2n) is 6.33. The Kier molecular flexibility index (Phi) is 6.71. The van der Waals surface area contributed by atoms with E-state index in [4.69, 9.17) is 9.84 Å². The van der Waals surface area contributed by atoms with Gasteiger partial charge in [0.15, 0.2) is 0 Å². The molecule has 0 aliphatic carbocycles. The zero-order valence-electron chi connectivity index (χ0n) is 14.1. The fourth-order valence-electron chi connectivity index (χ4n) is 2.76. The standard InChI is InChI=1S/C18H28N2O3/c1-14-5-7-16(8-6-14)23-17-9-11-20(12-10-17)18(22)19-15(2)4-3-13-21/h5-8,15,17,21H,3-4,9-13H2,1-2H3,(H,19,22). The summed E-state index contributed by atoms with van der Waals surface area (Å²) in [4.78, 5) is 14.0. The highest BCUT2D eigenvalue weighted by Gasteiger charge is 2.24. The molecule has 2 amide bonds. The minimum atomic E-state index is -0.00998. The van der Waals surface area contributed by atoms with E-state index in [9.17, 15) is 4.79 Å². The van der Waals surface area contributed by atoms with Gasteiger partial charge >= 0.3 is 6.03 Å². The summed E-state index contributed by atoms with van der Waals surface area (Å²) in [5.74, 6) is 0.899. The fraction of sp³-hybridized carbons (Fsp3) is 0.611. The second-order valence-corrected chi connectivity index (χ2v) is 6.33. The lowest BCUT2D eigenvalue weighted by molar-refractivity contribution is 0.110. The van der Waals surface area contributed by atoms with Gasteiger partial charge in [-0.2, -0.15) is 0 Å². The number of rotatable bonds is 6. The van der Waals surface area contributed by atoms with Crippen molar-refractivity contribution in [2.24, 2.45) is 0 Å². The zero-order valence-corrected chi connectivity index (χ0v) is 14.1. The number of amides is 2. The van der Waals surface area contributed by atoms with Crippen molar-refractivity contribution in [1.29, 1.82) is 0 Å². The van der Waals surface area contributed by atoms with Crippen LogP contribution in [-0.4, -0.2) is 47.9 Å². The molecule has 5 nitrogen and oxygen atoms in total. The number of ether oxygens (including phenoxy) is 1. The third-order valence-electron chi connectivity index (χ3n) is 4.22. The van der Waals surface area contributed by atoms with Crippen LogP contribution in [0.4, 0.5) is 4.79 Å². The Hall–Kier alpha value is -1.75. The number of carbonyl (C=O) groups is 1. The summed E-state index contributed by atoms with van der Waals surface area (Å²) in [6.07, 6.45) is 3.40. The third kappa shape index (κ3) is 5.75. The van der Waals surface area contributed by atoms with Gasteiger partial charge < -0.3 is 20.1 Å². The van der Waals surface area contributed by atoms with Gasteiger partial charge in [0.1, 0.15) is 11.9 Å². The van der Waals surface area contributed by atoms with Crippen LogP contribution in [-0.2, 0) is 0 Å². The SMILES string of the molecule is Cc1ccc(OC2CCN(C(=O)NC(C)CCCO)CC2)cc1. The summed E-state index contributed by atoms with van der Waals surface area (Å²) >= 11 is 0. The Morgan fingerprint density at radius 1 is 1.35 bits per heavy atom. The van der Waals surface area contributed by atoms with E-state index in [0.29, 0.717) is 6.42 Å². The van der Waals surface area contributed by atoms with Crippen LogP contribution in [0.5, 0.6) is 5.75 Å². The average molecular weight is 320 g/mol. The number of likely N-dealkylation sites (tertiary alicyclic amines) is 1. The smallest absolute Gasteiger partial charge is 0.317 e. The highest BCUT2D eigenvalue weighted by Crippen LogP contribution is 2.19. The number of hydrogen-bond donors (Lipinski definition) is 2. The molecule has 2 rings (SSSR count). The highest BCUT2D eigenvalue weighted by molar-refractivity contribution is 5.74. The third-order valence-corrected chi connectivity index (χ3v) is 4.22. The van der Waals surface area contributed by atoms with Crippen LogP contribution in [0.15, 0.2) is 24.3 Å². The number of hydrogen-bond acceptors (Lipinski definition) is 3. The van der Waals surface area contributed by atoms with E-state index in [-0.39, 0.29) is 24.8 Å². The predicted molar refractivity (Wildman–Crippen MR) is 90.7 cm³/mol. The Bertz CT molecular complexity index is 482. The topological polar surface area (TPSA) is 61.8 Å². The molecule has 1 aromatic carbocycles. The number of aliphatic hydroxyl groups excluding tert-OH is 1. The molecule has 1 aliphatic rings. The van der Waals surface area contributed by atoms with E-state index in [1.807, 2.05) is 36.1 Å². The van der Waals surface area contributed by atoms with E-state index in [0.717, 1.165) is 38.1 Å². The lowest BCUT2D eigenvalue weighted by atomic mass is 10.1. The zero-order chi connectivity index (χ0) is 16.7. The Balaban J connectivity index is 1.72. The molecular formula is C18H28N2O3. The number of piperidine rings is 1. The number of aryl methyl sites for hydroxylation is 1. The summed E-state index contributed by atoms with van der Waals surface area (Å²) in [5, 5.41) is 11.8. The van der Waals surface area contributed by atoms with Gasteiger partial charge in [0.05, 0.1) is 0 Å². The van der Waals surface area contributed by atoms with Gasteiger partial charge in [0.25, 0.3) is 0 Å². The quantitative estimate of drug-likeness (QED) is 0.847. The second kappa shape index (κ2) is 8.77. The number of nitrogens with one attached hydrogen (secondary N) is 1. The number of benzene rings is 1. The Morgan fingerprint density at radius 3 is 2.61 bits per heavy atom. The molecule has 2 N–H and O–H groups in total. The molecule has 0 saturated carbocycles. The van der Waals surface area contributed by atoms with Crippen molar-refractivity contribution in [3.05, 3.63) is 29.8 Å². The predicted octanol–water partition coefficient (Wildman–Crippen LogP) is 2.71. The van der Waals surface area contributed by atoms with Crippen molar-refractivity contribution >= 4 is 6.03 Å². The number of urea groups is 1. The van der Waals surface area contributed by atoms with Crippen LogP contribution in [0.1, 0.15) is 38.2 Å². The maximum absolute atomic E-state index is 12.2. The molecule has 128 valence electrons. The molecule has 5 heteroatoms. The van der Waals surface area contributed by atoms with Gasteiger partial charge in [-0.1, -0.05) is 17.7 Å². The number of nitrogens with zero attached hydrogens (tertiary/aromatic N) is 1. The van der Waals surface area contributed by atoms with Crippen molar-refractivity contribution < 1.29 is 14.6 Å². The Morgan fingerprint density at radius 2 is 2.00 bits per heavy atom. The van der Waals surface area contributed by atoms with Crippen molar-refractivity contribution in [3.63, 3.8) is 0 Å². The van der Waals surface area contributed by atoms with Crippen molar-refractivity contribution in [1.82, 2.24) is 10.2 Å². The summed E-state index contributed by atoms with van der Waals surface area (Å²) in [7, 11) is 0. The monoisotopic (exact) mass is 320 g/mol. The molecule has 0 radical (unpaired) electrons. The van der Waals surface area contributed by atoms with Crippen molar-refractivity contribution in [2.45, 2.75) is 51.7 Å².